The molecule has 0 unspecified atom stereocenters. The largest absolute Gasteiger partial charge is 0.354 e. The SMILES string of the molecule is CC(=O)N[C@H]1CC[C@H](C(C)(C)C)CC1. The van der Waals surface area contributed by atoms with E-state index in [-0.39, 0.29) is 5.91 Å². The molecule has 1 fully saturated rings. The minimum absolute atomic E-state index is 0.115. The van der Waals surface area contributed by atoms with E-state index >= 15 is 0 Å². The molecule has 0 aromatic heterocycles. The highest BCUT2D eigenvalue weighted by Gasteiger charge is 2.29. The lowest BCUT2D eigenvalue weighted by molar-refractivity contribution is -0.119. The molecule has 0 atom stereocenters. The predicted octanol–water partition coefficient (Wildman–Crippen LogP) is 2.73. The first-order chi connectivity index (χ1) is 6.39. The van der Waals surface area contributed by atoms with Gasteiger partial charge in [0.15, 0.2) is 0 Å². The number of rotatable bonds is 1. The third-order valence-corrected chi connectivity index (χ3v) is 3.36. The summed E-state index contributed by atoms with van der Waals surface area (Å²) in [6.07, 6.45) is 4.83. The lowest BCUT2D eigenvalue weighted by Gasteiger charge is -2.37. The molecule has 2 heteroatoms. The first kappa shape index (κ1) is 11.5. The van der Waals surface area contributed by atoms with Crippen molar-refractivity contribution in [1.82, 2.24) is 5.32 Å². The molecule has 1 aliphatic rings. The van der Waals surface area contributed by atoms with E-state index in [4.69, 9.17) is 0 Å². The monoisotopic (exact) mass is 197 g/mol. The molecule has 1 rings (SSSR count). The Morgan fingerprint density at radius 2 is 1.64 bits per heavy atom. The molecule has 0 aromatic carbocycles. The Bertz CT molecular complexity index is 197. The Morgan fingerprint density at radius 3 is 2.00 bits per heavy atom. The number of nitrogens with one attached hydrogen (secondary N) is 1. The molecular weight excluding hydrogens is 174 g/mol. The molecule has 1 amide bonds. The van der Waals surface area contributed by atoms with Crippen LogP contribution in [0.2, 0.25) is 0 Å². The van der Waals surface area contributed by atoms with E-state index in [9.17, 15) is 4.79 Å². The van der Waals surface area contributed by atoms with Gasteiger partial charge in [0.1, 0.15) is 0 Å². The van der Waals surface area contributed by atoms with Crippen LogP contribution in [0.1, 0.15) is 53.4 Å². The standard InChI is InChI=1S/C12H23NO/c1-9(14)13-11-7-5-10(6-8-11)12(2,3)4/h10-11H,5-8H2,1-4H3,(H,13,14)/t10-,11-. The molecule has 0 spiro atoms. The number of hydrogen-bond donors (Lipinski definition) is 1. The van der Waals surface area contributed by atoms with Crippen LogP contribution in [0.3, 0.4) is 0 Å². The van der Waals surface area contributed by atoms with Crippen LogP contribution in [0, 0.1) is 11.3 Å². The summed E-state index contributed by atoms with van der Waals surface area (Å²) in [4.78, 5) is 10.9. The molecule has 0 aliphatic heterocycles. The highest BCUT2D eigenvalue weighted by molar-refractivity contribution is 5.73. The normalized spacial score (nSPS) is 28.6. The summed E-state index contributed by atoms with van der Waals surface area (Å²) < 4.78 is 0. The van der Waals surface area contributed by atoms with E-state index in [1.807, 2.05) is 0 Å². The van der Waals surface area contributed by atoms with Gasteiger partial charge in [0.25, 0.3) is 0 Å². The maximum Gasteiger partial charge on any atom is 0.217 e. The molecule has 1 N–H and O–H groups in total. The summed E-state index contributed by atoms with van der Waals surface area (Å²) in [6.45, 7) is 8.55. The van der Waals surface area contributed by atoms with Crippen molar-refractivity contribution in [2.24, 2.45) is 11.3 Å². The van der Waals surface area contributed by atoms with Crippen molar-refractivity contribution in [2.45, 2.75) is 59.4 Å². The van der Waals surface area contributed by atoms with Crippen LogP contribution < -0.4 is 5.32 Å². The van der Waals surface area contributed by atoms with Crippen molar-refractivity contribution in [3.63, 3.8) is 0 Å². The summed E-state index contributed by atoms with van der Waals surface area (Å²) in [5.74, 6) is 0.941. The van der Waals surface area contributed by atoms with Gasteiger partial charge in [-0.25, -0.2) is 0 Å². The lowest BCUT2D eigenvalue weighted by Crippen LogP contribution is -2.38. The fourth-order valence-electron chi connectivity index (χ4n) is 2.39. The van der Waals surface area contributed by atoms with Crippen molar-refractivity contribution in [3.05, 3.63) is 0 Å². The smallest absolute Gasteiger partial charge is 0.217 e. The summed E-state index contributed by atoms with van der Waals surface area (Å²) in [5, 5.41) is 3.01. The molecule has 14 heavy (non-hydrogen) atoms. The van der Waals surface area contributed by atoms with Gasteiger partial charge >= 0.3 is 0 Å². The third-order valence-electron chi connectivity index (χ3n) is 3.36. The Hall–Kier alpha value is -0.530. The second-order valence-corrected chi connectivity index (χ2v) is 5.62. The molecule has 2 nitrogen and oxygen atoms in total. The molecule has 0 aromatic rings. The van der Waals surface area contributed by atoms with Crippen molar-refractivity contribution >= 4 is 5.91 Å². The molecular formula is C12H23NO. The maximum atomic E-state index is 10.9. The van der Waals surface area contributed by atoms with Gasteiger partial charge < -0.3 is 5.32 Å². The predicted molar refractivity (Wildman–Crippen MR) is 59.0 cm³/mol. The molecule has 82 valence electrons. The van der Waals surface area contributed by atoms with Crippen LogP contribution >= 0.6 is 0 Å². The minimum atomic E-state index is 0.115. The van der Waals surface area contributed by atoms with Crippen LogP contribution in [0.15, 0.2) is 0 Å². The second kappa shape index (κ2) is 4.33. The summed E-state index contributed by atoms with van der Waals surface area (Å²) in [6, 6.07) is 0.436. The number of carbonyl (C=O) groups is 1. The molecule has 0 heterocycles. The average Bonchev–Trinajstić information content (AvgIpc) is 2.02. The molecule has 1 aliphatic carbocycles. The summed E-state index contributed by atoms with van der Waals surface area (Å²) in [5.41, 5.74) is 0.432. The fraction of sp³-hybridized carbons (Fsp3) is 0.917. The van der Waals surface area contributed by atoms with Gasteiger partial charge in [0, 0.05) is 13.0 Å². The number of amides is 1. The molecule has 0 saturated heterocycles. The zero-order valence-electron chi connectivity index (χ0n) is 9.89. The summed E-state index contributed by atoms with van der Waals surface area (Å²) in [7, 11) is 0. The maximum absolute atomic E-state index is 10.9. The average molecular weight is 197 g/mol. The number of carbonyl (C=O) groups excluding carboxylic acids is 1. The van der Waals surface area contributed by atoms with E-state index in [0.717, 1.165) is 18.8 Å². The number of hydrogen-bond acceptors (Lipinski definition) is 1. The van der Waals surface area contributed by atoms with Gasteiger partial charge in [-0.05, 0) is 37.0 Å². The summed E-state index contributed by atoms with van der Waals surface area (Å²) >= 11 is 0. The Kier molecular flexibility index (Phi) is 3.57. The van der Waals surface area contributed by atoms with Crippen molar-refractivity contribution in [1.29, 1.82) is 0 Å². The van der Waals surface area contributed by atoms with Crippen LogP contribution in [0.25, 0.3) is 0 Å². The molecule has 1 saturated carbocycles. The first-order valence-corrected chi connectivity index (χ1v) is 5.66. The highest BCUT2D eigenvalue weighted by Crippen LogP contribution is 2.37. The first-order valence-electron chi connectivity index (χ1n) is 5.66. The van der Waals surface area contributed by atoms with Gasteiger partial charge in [-0.2, -0.15) is 0 Å². The van der Waals surface area contributed by atoms with E-state index in [1.165, 1.54) is 12.8 Å². The van der Waals surface area contributed by atoms with Crippen molar-refractivity contribution in [2.75, 3.05) is 0 Å². The fourth-order valence-corrected chi connectivity index (χ4v) is 2.39. The third kappa shape index (κ3) is 3.32. The molecule has 0 bridgehead atoms. The van der Waals surface area contributed by atoms with Gasteiger partial charge in [0.2, 0.25) is 5.91 Å². The van der Waals surface area contributed by atoms with Crippen LogP contribution in [-0.4, -0.2) is 11.9 Å². The van der Waals surface area contributed by atoms with Crippen LogP contribution in [0.4, 0.5) is 0 Å². The topological polar surface area (TPSA) is 29.1 Å². The van der Waals surface area contributed by atoms with Gasteiger partial charge in [-0.15, -0.1) is 0 Å². The quantitative estimate of drug-likeness (QED) is 0.688. The van der Waals surface area contributed by atoms with Gasteiger partial charge in [-0.3, -0.25) is 4.79 Å². The zero-order valence-corrected chi connectivity index (χ0v) is 9.89. The van der Waals surface area contributed by atoms with E-state index < -0.39 is 0 Å². The van der Waals surface area contributed by atoms with Crippen molar-refractivity contribution in [3.8, 4) is 0 Å². The van der Waals surface area contributed by atoms with Gasteiger partial charge in [-0.1, -0.05) is 20.8 Å². The minimum Gasteiger partial charge on any atom is -0.354 e. The Morgan fingerprint density at radius 1 is 1.14 bits per heavy atom. The second-order valence-electron chi connectivity index (χ2n) is 5.62. The lowest BCUT2D eigenvalue weighted by atomic mass is 9.71. The Balaban J connectivity index is 2.35. The zero-order chi connectivity index (χ0) is 10.8. The van der Waals surface area contributed by atoms with E-state index in [2.05, 4.69) is 26.1 Å². The van der Waals surface area contributed by atoms with Crippen LogP contribution in [-0.2, 0) is 4.79 Å². The van der Waals surface area contributed by atoms with E-state index in [0.29, 0.717) is 11.5 Å². The Labute approximate surface area is 87.5 Å². The van der Waals surface area contributed by atoms with Crippen LogP contribution in [0.5, 0.6) is 0 Å². The van der Waals surface area contributed by atoms with E-state index in [1.54, 1.807) is 6.92 Å². The van der Waals surface area contributed by atoms with Crippen molar-refractivity contribution < 1.29 is 4.79 Å². The van der Waals surface area contributed by atoms with Gasteiger partial charge in [0.05, 0.1) is 0 Å². The molecule has 0 radical (unpaired) electrons. The highest BCUT2D eigenvalue weighted by atomic mass is 16.1.